The molecule has 0 spiro atoms. The molecule has 1 aliphatic rings. The van der Waals surface area contributed by atoms with E-state index in [1.165, 1.54) is 109 Å². The van der Waals surface area contributed by atoms with Crippen molar-refractivity contribution in [2.45, 2.75) is 279 Å². The lowest BCUT2D eigenvalue weighted by Gasteiger charge is -2.13. The zero-order valence-electron chi connectivity index (χ0n) is 65.1. The van der Waals surface area contributed by atoms with E-state index in [0.29, 0.717) is 104 Å². The standard InChI is InChI=1S/C95H125N5O5/c1-6-11-16-19-22-25-28-39-48-103-93-65-80-57-86(69-93)91(74-99)64-82-59-87(70-95(67-82)105-50-41-30-27-24-21-18-13-8-3)92(75-100)63-81-58-85(68-94(66-81)104-49-40-29-26-23-20-17-12-7-2)90(73-98)61-79-52-77(43-34-32-38-47-102-45-36-15-10-5)53-83(56-79)88(71-96)60-78-51-76(54-84(55-78)89(62-80)72-97)42-33-31-37-46-101-44-35-14-9-4/h51-70H,6-50H2,1-5H3/b88-60+,89-62?,90-61+,91-64+,92-63+. The molecule has 0 unspecified atom stereocenters. The van der Waals surface area contributed by atoms with Gasteiger partial charge in [-0.3, -0.25) is 0 Å². The van der Waals surface area contributed by atoms with Crippen LogP contribution in [0.2, 0.25) is 0 Å². The largest absolute Gasteiger partial charge is 0.494 e. The summed E-state index contributed by atoms with van der Waals surface area (Å²) in [5, 5.41) is 56.8. The Bertz CT molecular complexity index is 3190. The first-order chi connectivity index (χ1) is 51.7. The summed E-state index contributed by atoms with van der Waals surface area (Å²) in [4.78, 5) is 0. The van der Waals surface area contributed by atoms with Crippen LogP contribution in [0.1, 0.15) is 333 Å². The van der Waals surface area contributed by atoms with Gasteiger partial charge in [0.1, 0.15) is 17.2 Å². The highest BCUT2D eigenvalue weighted by atomic mass is 16.5. The Kier molecular flexibility index (Phi) is 43.4. The molecule has 0 heterocycles. The van der Waals surface area contributed by atoms with Gasteiger partial charge >= 0.3 is 0 Å². The number of hydrogen-bond donors (Lipinski definition) is 0. The number of fused-ring (bicyclic) bond motifs is 10. The van der Waals surface area contributed by atoms with Gasteiger partial charge in [0.25, 0.3) is 0 Å². The number of allylic oxidation sites excluding steroid dienone is 5. The molecule has 10 bridgehead atoms. The second-order valence-electron chi connectivity index (χ2n) is 28.9. The first kappa shape index (κ1) is 85.5. The Labute approximate surface area is 634 Å². The number of hydrogen-bond acceptors (Lipinski definition) is 10. The van der Waals surface area contributed by atoms with E-state index in [9.17, 15) is 26.3 Å². The summed E-state index contributed by atoms with van der Waals surface area (Å²) in [6.07, 6.45) is 51.2. The molecule has 1 aliphatic carbocycles. The summed E-state index contributed by atoms with van der Waals surface area (Å²) in [6.45, 7) is 15.6. The van der Waals surface area contributed by atoms with Crippen molar-refractivity contribution in [2.75, 3.05) is 46.2 Å². The van der Waals surface area contributed by atoms with E-state index in [1.54, 1.807) is 0 Å². The summed E-state index contributed by atoms with van der Waals surface area (Å²) in [6, 6.07) is 42.7. The van der Waals surface area contributed by atoms with Crippen LogP contribution in [-0.2, 0) is 22.3 Å². The first-order valence-corrected chi connectivity index (χ1v) is 41.0. The number of nitriles is 5. The third-order valence-corrected chi connectivity index (χ3v) is 19.6. The Hall–Kier alpha value is -8.43. The molecule has 5 aromatic carbocycles. The molecule has 0 radical (unpaired) electrons. The van der Waals surface area contributed by atoms with Gasteiger partial charge in [0, 0.05) is 26.4 Å². The van der Waals surface area contributed by atoms with Gasteiger partial charge in [-0.2, -0.15) is 26.3 Å². The Balaban J connectivity index is 1.57. The zero-order chi connectivity index (χ0) is 74.6. The van der Waals surface area contributed by atoms with Crippen LogP contribution in [0, 0.1) is 56.7 Å². The highest BCUT2D eigenvalue weighted by Gasteiger charge is 2.17. The average molecular weight is 1420 g/mol. The average Bonchev–Trinajstić information content (AvgIpc) is 0.890. The molecule has 560 valence electrons. The smallest absolute Gasteiger partial charge is 0.120 e. The van der Waals surface area contributed by atoms with Gasteiger partial charge in [0.2, 0.25) is 0 Å². The fourth-order valence-electron chi connectivity index (χ4n) is 13.6. The molecule has 0 aliphatic heterocycles. The predicted octanol–water partition coefficient (Wildman–Crippen LogP) is 26.7. The quantitative estimate of drug-likeness (QED) is 0.0342. The maximum Gasteiger partial charge on any atom is 0.120 e. The normalized spacial score (nSPS) is 14.2. The molecule has 10 nitrogen and oxygen atoms in total. The van der Waals surface area contributed by atoms with Crippen molar-refractivity contribution in [1.29, 1.82) is 26.3 Å². The van der Waals surface area contributed by atoms with Crippen LogP contribution < -0.4 is 14.2 Å². The fraction of sp³-hybridized carbons (Fsp3) is 0.526. The molecule has 0 fully saturated rings. The van der Waals surface area contributed by atoms with E-state index in [-0.39, 0.29) is 0 Å². The topological polar surface area (TPSA) is 165 Å². The Morgan fingerprint density at radius 1 is 0.219 bits per heavy atom. The first-order valence-electron chi connectivity index (χ1n) is 41.0. The van der Waals surface area contributed by atoms with Crippen molar-refractivity contribution in [3.63, 3.8) is 0 Å². The van der Waals surface area contributed by atoms with Crippen LogP contribution in [0.5, 0.6) is 17.2 Å². The Morgan fingerprint density at radius 3 is 0.695 bits per heavy atom. The summed E-state index contributed by atoms with van der Waals surface area (Å²) in [5.41, 5.74) is 10.9. The van der Waals surface area contributed by atoms with E-state index in [4.69, 9.17) is 23.7 Å². The van der Waals surface area contributed by atoms with Crippen molar-refractivity contribution < 1.29 is 23.7 Å². The minimum absolute atomic E-state index is 0.360. The molecule has 0 saturated heterocycles. The van der Waals surface area contributed by atoms with Crippen LogP contribution >= 0.6 is 0 Å². The second-order valence-corrected chi connectivity index (χ2v) is 28.9. The number of aryl methyl sites for hydroxylation is 2. The van der Waals surface area contributed by atoms with Gasteiger partial charge < -0.3 is 23.7 Å². The van der Waals surface area contributed by atoms with E-state index >= 15 is 0 Å². The van der Waals surface area contributed by atoms with Crippen LogP contribution in [0.25, 0.3) is 58.2 Å². The van der Waals surface area contributed by atoms with Crippen molar-refractivity contribution in [2.24, 2.45) is 0 Å². The summed E-state index contributed by atoms with van der Waals surface area (Å²) < 4.78 is 31.9. The van der Waals surface area contributed by atoms with Gasteiger partial charge in [-0.25, -0.2) is 0 Å². The van der Waals surface area contributed by atoms with Gasteiger partial charge in [0.15, 0.2) is 0 Å². The lowest BCUT2D eigenvalue weighted by molar-refractivity contribution is 0.126. The third-order valence-electron chi connectivity index (χ3n) is 19.6. The van der Waals surface area contributed by atoms with Crippen molar-refractivity contribution >= 4 is 58.2 Å². The van der Waals surface area contributed by atoms with Crippen molar-refractivity contribution in [3.8, 4) is 47.6 Å². The van der Waals surface area contributed by atoms with E-state index < -0.39 is 0 Å². The lowest BCUT2D eigenvalue weighted by Crippen LogP contribution is -2.00. The van der Waals surface area contributed by atoms with E-state index in [0.717, 1.165) is 189 Å². The Morgan fingerprint density at radius 2 is 0.429 bits per heavy atom. The summed E-state index contributed by atoms with van der Waals surface area (Å²) in [5.74, 6) is 1.76. The molecular weight excluding hydrogens is 1290 g/mol. The van der Waals surface area contributed by atoms with Gasteiger partial charge in [-0.15, -0.1) is 0 Å². The lowest BCUT2D eigenvalue weighted by atomic mass is 9.92. The van der Waals surface area contributed by atoms with Crippen molar-refractivity contribution in [3.05, 3.63) is 158 Å². The van der Waals surface area contributed by atoms with Crippen LogP contribution in [0.3, 0.4) is 0 Å². The van der Waals surface area contributed by atoms with E-state index in [2.05, 4.69) is 89.2 Å². The molecule has 0 saturated carbocycles. The maximum absolute atomic E-state index is 11.4. The molecule has 5 aromatic rings. The molecule has 0 atom stereocenters. The minimum Gasteiger partial charge on any atom is -0.494 e. The van der Waals surface area contributed by atoms with E-state index in [1.807, 2.05) is 97.1 Å². The number of unbranched alkanes of at least 4 members (excludes halogenated alkanes) is 29. The minimum atomic E-state index is 0.360. The molecule has 0 N–H and O–H groups in total. The highest BCUT2D eigenvalue weighted by Crippen LogP contribution is 2.35. The fourth-order valence-corrected chi connectivity index (χ4v) is 13.6. The molecule has 105 heavy (non-hydrogen) atoms. The van der Waals surface area contributed by atoms with Crippen LogP contribution in [0.4, 0.5) is 0 Å². The van der Waals surface area contributed by atoms with Crippen LogP contribution in [-0.4, -0.2) is 46.2 Å². The molecule has 0 amide bonds. The SMILES string of the molecule is CCCCCCCCCCOc1cc2cc(c1)/C(C#N)=C/c1cc(OCCCCCCCCCC)cc(c1)/C(C#N)=C/c1cc(OCCCCCCCCCC)cc(c1)/C(C#N)=C/c1cc(CCCCCOCCCCC)cc(c1)/C(C#N)=C/c1cc(CCCCCOCCCCC)cc(c1)C(C#N)=C2. The van der Waals surface area contributed by atoms with Gasteiger partial charge in [-0.1, -0.05) is 232 Å². The monoisotopic (exact) mass is 1420 g/mol. The van der Waals surface area contributed by atoms with Crippen molar-refractivity contribution in [1.82, 2.24) is 0 Å². The predicted molar refractivity (Wildman–Crippen MR) is 440 cm³/mol. The third kappa shape index (κ3) is 34.1. The summed E-state index contributed by atoms with van der Waals surface area (Å²) >= 11 is 0. The van der Waals surface area contributed by atoms with Gasteiger partial charge in [0.05, 0.1) is 78.0 Å². The molecule has 6 rings (SSSR count). The highest BCUT2D eigenvalue weighted by molar-refractivity contribution is 5.98. The maximum atomic E-state index is 11.4. The number of rotatable bonds is 50. The molecule has 0 aromatic heterocycles. The van der Waals surface area contributed by atoms with Crippen LogP contribution in [0.15, 0.2) is 91.0 Å². The molecule has 10 heteroatoms. The van der Waals surface area contributed by atoms with Gasteiger partial charge in [-0.05, 0) is 235 Å². The summed E-state index contributed by atoms with van der Waals surface area (Å²) in [7, 11) is 0. The number of nitrogens with zero attached hydrogens (tertiary/aromatic N) is 5. The zero-order valence-corrected chi connectivity index (χ0v) is 65.1. The number of ether oxygens (including phenoxy) is 5. The molecular formula is C95H125N5O5. The number of benzene rings is 5. The second kappa shape index (κ2) is 53.4.